The summed E-state index contributed by atoms with van der Waals surface area (Å²) in [6, 6.07) is 7.06. The Morgan fingerprint density at radius 2 is 2.16 bits per heavy atom. The lowest BCUT2D eigenvalue weighted by atomic mass is 10.1. The summed E-state index contributed by atoms with van der Waals surface area (Å²) in [7, 11) is 0. The van der Waals surface area contributed by atoms with Crippen LogP contribution >= 0.6 is 0 Å². The Morgan fingerprint density at radius 3 is 2.84 bits per heavy atom. The van der Waals surface area contributed by atoms with Gasteiger partial charge in [0.15, 0.2) is 0 Å². The van der Waals surface area contributed by atoms with Crippen molar-refractivity contribution in [1.29, 1.82) is 0 Å². The molecule has 0 aromatic heterocycles. The van der Waals surface area contributed by atoms with E-state index in [0.29, 0.717) is 19.6 Å². The maximum atomic E-state index is 11.5. The smallest absolute Gasteiger partial charge is 0.323 e. The van der Waals surface area contributed by atoms with Crippen LogP contribution in [0.2, 0.25) is 0 Å². The van der Waals surface area contributed by atoms with Gasteiger partial charge in [0.2, 0.25) is 0 Å². The van der Waals surface area contributed by atoms with Gasteiger partial charge in [-0.3, -0.25) is 4.79 Å². The Hall–Kier alpha value is -1.55. The summed E-state index contributed by atoms with van der Waals surface area (Å²) in [5.41, 5.74) is 6.77. The van der Waals surface area contributed by atoms with E-state index in [1.165, 1.54) is 0 Å². The summed E-state index contributed by atoms with van der Waals surface area (Å²) in [5, 5.41) is 0. The van der Waals surface area contributed by atoms with Crippen LogP contribution in [0.15, 0.2) is 24.3 Å². The third-order valence-corrected chi connectivity index (χ3v) is 2.71. The molecule has 0 spiro atoms. The predicted octanol–water partition coefficient (Wildman–Crippen LogP) is 2.30. The lowest BCUT2D eigenvalue weighted by Gasteiger charge is -2.12. The minimum absolute atomic E-state index is 0.354. The van der Waals surface area contributed by atoms with Crippen LogP contribution in [0.5, 0.6) is 5.75 Å². The number of carbonyl (C=O) groups excluding carboxylic acids is 1. The van der Waals surface area contributed by atoms with Gasteiger partial charge in [0.25, 0.3) is 0 Å². The number of hydrogen-bond acceptors (Lipinski definition) is 4. The Bertz CT molecular complexity index is 393. The zero-order chi connectivity index (χ0) is 14.1. The minimum Gasteiger partial charge on any atom is -0.494 e. The van der Waals surface area contributed by atoms with E-state index in [9.17, 15) is 4.79 Å². The first kappa shape index (κ1) is 15.5. The van der Waals surface area contributed by atoms with Gasteiger partial charge >= 0.3 is 5.97 Å². The Labute approximate surface area is 114 Å². The molecule has 1 rings (SSSR count). The SMILES string of the molecule is CCCCOc1cccc(CC(N)C(=O)OCC)c1. The first-order valence-electron chi connectivity index (χ1n) is 6.81. The van der Waals surface area contributed by atoms with Crippen LogP contribution in [0, 0.1) is 0 Å². The fraction of sp³-hybridized carbons (Fsp3) is 0.533. The molecule has 0 fully saturated rings. The van der Waals surface area contributed by atoms with Gasteiger partial charge in [-0.1, -0.05) is 25.5 Å². The molecule has 0 aliphatic rings. The second-order valence-electron chi connectivity index (χ2n) is 4.41. The summed E-state index contributed by atoms with van der Waals surface area (Å²) in [6.45, 7) is 4.96. The maximum absolute atomic E-state index is 11.5. The van der Waals surface area contributed by atoms with Gasteiger partial charge in [0.05, 0.1) is 13.2 Å². The standard InChI is InChI=1S/C15H23NO3/c1-3-5-9-19-13-8-6-7-12(10-13)11-14(16)15(17)18-4-2/h6-8,10,14H,3-5,9,11,16H2,1-2H3. The third kappa shape index (κ3) is 5.75. The molecule has 1 aromatic carbocycles. The first-order chi connectivity index (χ1) is 9.17. The van der Waals surface area contributed by atoms with Crippen LogP contribution in [0.25, 0.3) is 0 Å². The lowest BCUT2D eigenvalue weighted by Crippen LogP contribution is -2.34. The molecule has 0 saturated carbocycles. The van der Waals surface area contributed by atoms with Crippen LogP contribution in [0.3, 0.4) is 0 Å². The van der Waals surface area contributed by atoms with Crippen molar-refractivity contribution < 1.29 is 14.3 Å². The normalized spacial score (nSPS) is 11.9. The van der Waals surface area contributed by atoms with E-state index in [1.807, 2.05) is 24.3 Å². The van der Waals surface area contributed by atoms with Crippen molar-refractivity contribution >= 4 is 5.97 Å². The van der Waals surface area contributed by atoms with Gasteiger partial charge in [0, 0.05) is 0 Å². The van der Waals surface area contributed by atoms with Gasteiger partial charge in [-0.25, -0.2) is 0 Å². The number of rotatable bonds is 8. The number of hydrogen-bond donors (Lipinski definition) is 1. The molecule has 1 atom stereocenters. The highest BCUT2D eigenvalue weighted by Crippen LogP contribution is 2.15. The zero-order valence-corrected chi connectivity index (χ0v) is 11.7. The Morgan fingerprint density at radius 1 is 1.37 bits per heavy atom. The second kappa shape index (κ2) is 8.53. The van der Waals surface area contributed by atoms with Crippen molar-refractivity contribution in [2.75, 3.05) is 13.2 Å². The number of unbranched alkanes of at least 4 members (excludes halogenated alkanes) is 1. The molecular weight excluding hydrogens is 242 g/mol. The van der Waals surface area contributed by atoms with Gasteiger partial charge in [-0.15, -0.1) is 0 Å². The molecule has 0 amide bonds. The van der Waals surface area contributed by atoms with Crippen LogP contribution in [0.1, 0.15) is 32.3 Å². The monoisotopic (exact) mass is 265 g/mol. The summed E-state index contributed by atoms with van der Waals surface area (Å²) < 4.78 is 10.5. The number of ether oxygens (including phenoxy) is 2. The first-order valence-corrected chi connectivity index (χ1v) is 6.81. The average molecular weight is 265 g/mol. The molecule has 4 nitrogen and oxygen atoms in total. The molecule has 106 valence electrons. The molecule has 0 bridgehead atoms. The Balaban J connectivity index is 2.53. The van der Waals surface area contributed by atoms with Crippen LogP contribution < -0.4 is 10.5 Å². The van der Waals surface area contributed by atoms with Crippen molar-refractivity contribution in [1.82, 2.24) is 0 Å². The largest absolute Gasteiger partial charge is 0.494 e. The summed E-state index contributed by atoms with van der Waals surface area (Å²) in [6.07, 6.45) is 2.60. The van der Waals surface area contributed by atoms with E-state index in [4.69, 9.17) is 15.2 Å². The molecule has 4 heteroatoms. The van der Waals surface area contributed by atoms with E-state index in [1.54, 1.807) is 6.92 Å². The third-order valence-electron chi connectivity index (χ3n) is 2.71. The molecule has 0 aliphatic heterocycles. The van der Waals surface area contributed by atoms with Gasteiger partial charge in [-0.2, -0.15) is 0 Å². The van der Waals surface area contributed by atoms with E-state index in [0.717, 1.165) is 24.2 Å². The number of nitrogens with two attached hydrogens (primary N) is 1. The molecule has 0 heterocycles. The summed E-state index contributed by atoms with van der Waals surface area (Å²) in [4.78, 5) is 11.5. The molecule has 0 saturated heterocycles. The maximum Gasteiger partial charge on any atom is 0.323 e. The van der Waals surface area contributed by atoms with Crippen LogP contribution in [0.4, 0.5) is 0 Å². The quantitative estimate of drug-likeness (QED) is 0.578. The highest BCUT2D eigenvalue weighted by Gasteiger charge is 2.15. The van der Waals surface area contributed by atoms with E-state index in [-0.39, 0.29) is 5.97 Å². The number of carbonyl (C=O) groups is 1. The summed E-state index contributed by atoms with van der Waals surface area (Å²) in [5.74, 6) is 0.460. The average Bonchev–Trinajstić information content (AvgIpc) is 2.40. The molecule has 0 aliphatic carbocycles. The van der Waals surface area contributed by atoms with Crippen molar-refractivity contribution in [3.05, 3.63) is 29.8 Å². The summed E-state index contributed by atoms with van der Waals surface area (Å²) >= 11 is 0. The second-order valence-corrected chi connectivity index (χ2v) is 4.41. The molecule has 0 radical (unpaired) electrons. The number of esters is 1. The molecule has 19 heavy (non-hydrogen) atoms. The number of benzene rings is 1. The topological polar surface area (TPSA) is 61.5 Å². The van der Waals surface area contributed by atoms with Gasteiger partial charge in [0.1, 0.15) is 11.8 Å². The molecule has 1 unspecified atom stereocenters. The molecule has 2 N–H and O–H groups in total. The van der Waals surface area contributed by atoms with Crippen molar-refractivity contribution in [3.63, 3.8) is 0 Å². The van der Waals surface area contributed by atoms with Crippen LogP contribution in [-0.4, -0.2) is 25.2 Å². The fourth-order valence-corrected chi connectivity index (χ4v) is 1.68. The lowest BCUT2D eigenvalue weighted by molar-refractivity contribution is -0.144. The Kier molecular flexibility index (Phi) is 6.97. The van der Waals surface area contributed by atoms with Crippen molar-refractivity contribution in [3.8, 4) is 5.75 Å². The van der Waals surface area contributed by atoms with Gasteiger partial charge in [-0.05, 0) is 37.5 Å². The highest BCUT2D eigenvalue weighted by molar-refractivity contribution is 5.75. The molecule has 1 aromatic rings. The van der Waals surface area contributed by atoms with E-state index < -0.39 is 6.04 Å². The zero-order valence-electron chi connectivity index (χ0n) is 11.7. The van der Waals surface area contributed by atoms with E-state index in [2.05, 4.69) is 6.92 Å². The highest BCUT2D eigenvalue weighted by atomic mass is 16.5. The fourth-order valence-electron chi connectivity index (χ4n) is 1.68. The van der Waals surface area contributed by atoms with Crippen LogP contribution in [-0.2, 0) is 16.0 Å². The van der Waals surface area contributed by atoms with Gasteiger partial charge < -0.3 is 15.2 Å². The molecular formula is C15H23NO3. The van der Waals surface area contributed by atoms with Crippen molar-refractivity contribution in [2.45, 2.75) is 39.2 Å². The van der Waals surface area contributed by atoms with Crippen molar-refractivity contribution in [2.24, 2.45) is 5.73 Å². The predicted molar refractivity (Wildman–Crippen MR) is 75.2 cm³/mol. The van der Waals surface area contributed by atoms with E-state index >= 15 is 0 Å². The minimum atomic E-state index is -0.620.